The molecule has 2 unspecified atom stereocenters. The first-order valence-corrected chi connectivity index (χ1v) is 12.9. The number of rotatable bonds is 8. The molecule has 3 rings (SSSR count). The van der Waals surface area contributed by atoms with Crippen molar-refractivity contribution in [3.8, 4) is 5.75 Å². The molecular formula is C25H34N2O4S. The van der Waals surface area contributed by atoms with Crippen LogP contribution in [0.2, 0.25) is 0 Å². The maximum Gasteiger partial charge on any atom is 0.265 e. The van der Waals surface area contributed by atoms with Crippen molar-refractivity contribution in [2.24, 2.45) is 0 Å². The van der Waals surface area contributed by atoms with Crippen LogP contribution in [0.4, 0.5) is 5.69 Å². The first-order valence-electron chi connectivity index (χ1n) is 11.5. The molecule has 32 heavy (non-hydrogen) atoms. The molecule has 0 aliphatic carbocycles. The molecule has 2 atom stereocenters. The highest BCUT2D eigenvalue weighted by Gasteiger charge is 2.25. The number of nitrogens with one attached hydrogen (secondary N) is 1. The fraction of sp³-hybridized carbons (Fsp3) is 0.480. The van der Waals surface area contributed by atoms with Gasteiger partial charge in [0.05, 0.1) is 4.90 Å². The summed E-state index contributed by atoms with van der Waals surface area (Å²) in [5, 5.41) is 2.82. The zero-order valence-electron chi connectivity index (χ0n) is 19.2. The van der Waals surface area contributed by atoms with Crippen molar-refractivity contribution in [1.82, 2.24) is 4.31 Å². The summed E-state index contributed by atoms with van der Waals surface area (Å²) in [5.41, 5.74) is 1.62. The molecule has 1 aliphatic heterocycles. The van der Waals surface area contributed by atoms with Crippen LogP contribution in [0.15, 0.2) is 53.4 Å². The molecule has 0 radical (unpaired) electrons. The third kappa shape index (κ3) is 5.90. The van der Waals surface area contributed by atoms with Gasteiger partial charge in [0.15, 0.2) is 6.10 Å². The molecule has 0 spiro atoms. The van der Waals surface area contributed by atoms with E-state index in [1.54, 1.807) is 35.5 Å². The summed E-state index contributed by atoms with van der Waals surface area (Å²) in [4.78, 5) is 12.9. The first-order chi connectivity index (χ1) is 15.3. The average Bonchev–Trinajstić information content (AvgIpc) is 3.09. The second-order valence-corrected chi connectivity index (χ2v) is 10.4. The van der Waals surface area contributed by atoms with E-state index >= 15 is 0 Å². The van der Waals surface area contributed by atoms with E-state index in [0.29, 0.717) is 30.4 Å². The fourth-order valence-electron chi connectivity index (χ4n) is 3.84. The summed E-state index contributed by atoms with van der Waals surface area (Å²) in [5.74, 6) is 0.760. The second kappa shape index (κ2) is 11.0. The van der Waals surface area contributed by atoms with Crippen LogP contribution in [0.25, 0.3) is 0 Å². The zero-order valence-corrected chi connectivity index (χ0v) is 20.0. The molecule has 0 bridgehead atoms. The van der Waals surface area contributed by atoms with E-state index in [9.17, 15) is 13.2 Å². The zero-order chi connectivity index (χ0) is 23.1. The summed E-state index contributed by atoms with van der Waals surface area (Å²) in [6, 6.07) is 14.1. The van der Waals surface area contributed by atoms with Gasteiger partial charge in [-0.25, -0.2) is 8.42 Å². The van der Waals surface area contributed by atoms with E-state index in [4.69, 9.17) is 4.74 Å². The Bertz CT molecular complexity index is 997. The van der Waals surface area contributed by atoms with Gasteiger partial charge in [-0.2, -0.15) is 4.31 Å². The van der Waals surface area contributed by atoms with E-state index in [-0.39, 0.29) is 10.8 Å². The van der Waals surface area contributed by atoms with Gasteiger partial charge in [0.2, 0.25) is 10.0 Å². The summed E-state index contributed by atoms with van der Waals surface area (Å²) in [6.07, 6.45) is 4.21. The van der Waals surface area contributed by atoms with Crippen molar-refractivity contribution in [2.45, 2.75) is 69.8 Å². The van der Waals surface area contributed by atoms with Crippen molar-refractivity contribution in [2.75, 3.05) is 18.4 Å². The molecule has 2 aromatic carbocycles. The third-order valence-electron chi connectivity index (χ3n) is 6.06. The van der Waals surface area contributed by atoms with Gasteiger partial charge in [0.1, 0.15) is 5.75 Å². The lowest BCUT2D eigenvalue weighted by atomic mass is 9.98. The largest absolute Gasteiger partial charge is 0.481 e. The molecule has 2 aromatic rings. The lowest BCUT2D eigenvalue weighted by Crippen LogP contribution is -2.32. The van der Waals surface area contributed by atoms with Gasteiger partial charge in [-0.3, -0.25) is 4.79 Å². The maximum atomic E-state index is 12.9. The van der Waals surface area contributed by atoms with Gasteiger partial charge >= 0.3 is 0 Å². The minimum absolute atomic E-state index is 0.254. The van der Waals surface area contributed by atoms with Crippen molar-refractivity contribution in [3.63, 3.8) is 0 Å². The highest BCUT2D eigenvalue weighted by molar-refractivity contribution is 7.89. The molecule has 7 heteroatoms. The molecule has 1 aliphatic rings. The number of carbonyl (C=O) groups excluding carboxylic acids is 1. The quantitative estimate of drug-likeness (QED) is 0.592. The van der Waals surface area contributed by atoms with Crippen molar-refractivity contribution >= 4 is 21.6 Å². The Morgan fingerprint density at radius 3 is 2.25 bits per heavy atom. The number of anilines is 1. The molecule has 0 saturated carbocycles. The van der Waals surface area contributed by atoms with Crippen molar-refractivity contribution in [1.29, 1.82) is 0 Å². The molecule has 174 valence electrons. The van der Waals surface area contributed by atoms with Gasteiger partial charge in [0, 0.05) is 18.8 Å². The summed E-state index contributed by atoms with van der Waals surface area (Å²) >= 11 is 0. The van der Waals surface area contributed by atoms with Crippen molar-refractivity contribution < 1.29 is 17.9 Å². The van der Waals surface area contributed by atoms with Gasteiger partial charge in [0.25, 0.3) is 5.91 Å². The van der Waals surface area contributed by atoms with Crippen LogP contribution in [-0.2, 0) is 14.8 Å². The van der Waals surface area contributed by atoms with Gasteiger partial charge in [-0.05, 0) is 68.0 Å². The number of para-hydroxylation sites is 1. The number of hydrogen-bond donors (Lipinski definition) is 1. The first kappa shape index (κ1) is 24.3. The number of ether oxygens (including phenoxy) is 1. The third-order valence-corrected chi connectivity index (χ3v) is 7.97. The second-order valence-electron chi connectivity index (χ2n) is 8.44. The van der Waals surface area contributed by atoms with Gasteiger partial charge < -0.3 is 10.1 Å². The summed E-state index contributed by atoms with van der Waals surface area (Å²) in [7, 11) is -3.51. The number of sulfonamides is 1. The Kier molecular flexibility index (Phi) is 8.32. The Balaban J connectivity index is 1.64. The smallest absolute Gasteiger partial charge is 0.265 e. The van der Waals surface area contributed by atoms with Crippen LogP contribution < -0.4 is 10.1 Å². The Labute approximate surface area is 192 Å². The predicted octanol–water partition coefficient (Wildman–Crippen LogP) is 5.17. The molecule has 1 saturated heterocycles. The molecule has 1 heterocycles. The van der Waals surface area contributed by atoms with E-state index in [2.05, 4.69) is 19.2 Å². The van der Waals surface area contributed by atoms with E-state index in [1.165, 1.54) is 0 Å². The molecule has 1 N–H and O–H groups in total. The number of amides is 1. The predicted molar refractivity (Wildman–Crippen MR) is 128 cm³/mol. The fourth-order valence-corrected chi connectivity index (χ4v) is 5.36. The van der Waals surface area contributed by atoms with Crippen LogP contribution in [0, 0.1) is 0 Å². The minimum atomic E-state index is -3.51. The monoisotopic (exact) mass is 458 g/mol. The van der Waals surface area contributed by atoms with E-state index in [0.717, 1.165) is 37.7 Å². The molecule has 0 aromatic heterocycles. The summed E-state index contributed by atoms with van der Waals surface area (Å²) in [6.45, 7) is 7.09. The van der Waals surface area contributed by atoms with Gasteiger partial charge in [-0.1, -0.05) is 44.9 Å². The van der Waals surface area contributed by atoms with Crippen LogP contribution in [-0.4, -0.2) is 37.8 Å². The van der Waals surface area contributed by atoms with E-state index in [1.807, 2.05) is 24.3 Å². The number of carbonyl (C=O) groups is 1. The lowest BCUT2D eigenvalue weighted by molar-refractivity contribution is -0.122. The van der Waals surface area contributed by atoms with Crippen molar-refractivity contribution in [3.05, 3.63) is 54.1 Å². The number of hydrogen-bond acceptors (Lipinski definition) is 4. The number of nitrogens with zero attached hydrogens (tertiary/aromatic N) is 1. The SMILES string of the molecule is CCC(C)c1ccccc1OC(C)C(=O)Nc1ccc(S(=O)(=O)N2CCCCCC2)cc1. The normalized spacial score (nSPS) is 17.2. The molecule has 1 fully saturated rings. The van der Waals surface area contributed by atoms with Crippen LogP contribution >= 0.6 is 0 Å². The average molecular weight is 459 g/mol. The number of benzene rings is 2. The Morgan fingerprint density at radius 1 is 1.00 bits per heavy atom. The minimum Gasteiger partial charge on any atom is -0.481 e. The van der Waals surface area contributed by atoms with Crippen LogP contribution in [0.5, 0.6) is 5.75 Å². The highest BCUT2D eigenvalue weighted by atomic mass is 32.2. The van der Waals surface area contributed by atoms with Crippen LogP contribution in [0.3, 0.4) is 0 Å². The standard InChI is InChI=1S/C25H34N2O4S/c1-4-19(2)23-11-7-8-12-24(23)31-20(3)25(28)26-21-13-15-22(16-14-21)32(29,30)27-17-9-5-6-10-18-27/h7-8,11-16,19-20H,4-6,9-10,17-18H2,1-3H3,(H,26,28). The highest BCUT2D eigenvalue weighted by Crippen LogP contribution is 2.29. The molecular weight excluding hydrogens is 424 g/mol. The molecule has 6 nitrogen and oxygen atoms in total. The van der Waals surface area contributed by atoms with Gasteiger partial charge in [-0.15, -0.1) is 0 Å². The Morgan fingerprint density at radius 2 is 1.62 bits per heavy atom. The van der Waals surface area contributed by atoms with Crippen LogP contribution in [0.1, 0.15) is 64.4 Å². The molecule has 1 amide bonds. The summed E-state index contributed by atoms with van der Waals surface area (Å²) < 4.78 is 33.4. The van der Waals surface area contributed by atoms with E-state index < -0.39 is 16.1 Å². The Hall–Kier alpha value is -2.38. The lowest BCUT2D eigenvalue weighted by Gasteiger charge is -2.21. The maximum absolute atomic E-state index is 12.9. The topological polar surface area (TPSA) is 75.7 Å².